The lowest BCUT2D eigenvalue weighted by atomic mass is 10.2. The van der Waals surface area contributed by atoms with Gasteiger partial charge in [-0.05, 0) is 12.3 Å². The standard InChI is InChI=1S/C10H18N2OS/c1-3-5-12-6-4-11-10(12)14-8-9(2)7-13/h4,6,9,13H,3,5,7-8H2,1-2H3. The summed E-state index contributed by atoms with van der Waals surface area (Å²) in [6, 6.07) is 0. The molecule has 1 aromatic heterocycles. The van der Waals surface area contributed by atoms with Crippen molar-refractivity contribution in [3.63, 3.8) is 0 Å². The fraction of sp³-hybridized carbons (Fsp3) is 0.700. The highest BCUT2D eigenvalue weighted by atomic mass is 32.2. The topological polar surface area (TPSA) is 38.0 Å². The average Bonchev–Trinajstić information content (AvgIpc) is 2.62. The third-order valence-electron chi connectivity index (χ3n) is 1.95. The molecule has 0 radical (unpaired) electrons. The smallest absolute Gasteiger partial charge is 0.167 e. The zero-order valence-corrected chi connectivity index (χ0v) is 9.63. The van der Waals surface area contributed by atoms with Crippen molar-refractivity contribution in [2.75, 3.05) is 12.4 Å². The van der Waals surface area contributed by atoms with Gasteiger partial charge in [0.05, 0.1) is 0 Å². The maximum absolute atomic E-state index is 8.90. The molecule has 80 valence electrons. The molecule has 0 aliphatic rings. The van der Waals surface area contributed by atoms with E-state index >= 15 is 0 Å². The summed E-state index contributed by atoms with van der Waals surface area (Å²) >= 11 is 1.72. The van der Waals surface area contributed by atoms with Gasteiger partial charge in [-0.2, -0.15) is 0 Å². The van der Waals surface area contributed by atoms with E-state index in [-0.39, 0.29) is 6.61 Å². The van der Waals surface area contributed by atoms with Gasteiger partial charge in [-0.15, -0.1) is 0 Å². The van der Waals surface area contributed by atoms with Crippen LogP contribution in [0.3, 0.4) is 0 Å². The Bertz CT molecular complexity index is 262. The number of nitrogens with zero attached hydrogens (tertiary/aromatic N) is 2. The fourth-order valence-corrected chi connectivity index (χ4v) is 2.11. The summed E-state index contributed by atoms with van der Waals surface area (Å²) in [5, 5.41) is 9.96. The second-order valence-corrected chi connectivity index (χ2v) is 4.49. The molecule has 1 aromatic rings. The van der Waals surface area contributed by atoms with E-state index in [9.17, 15) is 0 Å². The minimum Gasteiger partial charge on any atom is -0.396 e. The average molecular weight is 214 g/mol. The molecular formula is C10H18N2OS. The third kappa shape index (κ3) is 3.35. The summed E-state index contributed by atoms with van der Waals surface area (Å²) in [5.41, 5.74) is 0. The van der Waals surface area contributed by atoms with E-state index in [4.69, 9.17) is 5.11 Å². The Morgan fingerprint density at radius 2 is 2.43 bits per heavy atom. The van der Waals surface area contributed by atoms with Crippen LogP contribution >= 0.6 is 11.8 Å². The number of thioether (sulfide) groups is 1. The summed E-state index contributed by atoms with van der Waals surface area (Å²) < 4.78 is 2.16. The van der Waals surface area contributed by atoms with Crippen molar-refractivity contribution in [1.29, 1.82) is 0 Å². The summed E-state index contributed by atoms with van der Waals surface area (Å²) in [5.74, 6) is 1.27. The first-order valence-electron chi connectivity index (χ1n) is 5.02. The highest BCUT2D eigenvalue weighted by molar-refractivity contribution is 7.99. The molecule has 0 bridgehead atoms. The molecule has 0 amide bonds. The highest BCUT2D eigenvalue weighted by Crippen LogP contribution is 2.18. The zero-order chi connectivity index (χ0) is 10.4. The molecule has 1 rings (SSSR count). The van der Waals surface area contributed by atoms with Crippen molar-refractivity contribution >= 4 is 11.8 Å². The first-order chi connectivity index (χ1) is 6.77. The lowest BCUT2D eigenvalue weighted by molar-refractivity contribution is 0.250. The van der Waals surface area contributed by atoms with Crippen molar-refractivity contribution in [2.24, 2.45) is 5.92 Å². The van der Waals surface area contributed by atoms with Crippen molar-refractivity contribution in [3.8, 4) is 0 Å². The molecular weight excluding hydrogens is 196 g/mol. The predicted molar refractivity (Wildman–Crippen MR) is 59.5 cm³/mol. The summed E-state index contributed by atoms with van der Waals surface area (Å²) in [6.45, 7) is 5.47. The van der Waals surface area contributed by atoms with Gasteiger partial charge in [0.15, 0.2) is 5.16 Å². The minimum absolute atomic E-state index is 0.251. The summed E-state index contributed by atoms with van der Waals surface area (Å²) in [6.07, 6.45) is 4.97. The van der Waals surface area contributed by atoms with Crippen LogP contribution in [0.15, 0.2) is 17.6 Å². The molecule has 0 saturated carbocycles. The van der Waals surface area contributed by atoms with Crippen LogP contribution in [0, 0.1) is 5.92 Å². The molecule has 1 unspecified atom stereocenters. The van der Waals surface area contributed by atoms with Gasteiger partial charge in [-0.1, -0.05) is 25.6 Å². The lowest BCUT2D eigenvalue weighted by Gasteiger charge is -2.08. The van der Waals surface area contributed by atoms with Crippen molar-refractivity contribution in [1.82, 2.24) is 9.55 Å². The first kappa shape index (κ1) is 11.6. The van der Waals surface area contributed by atoms with E-state index in [1.54, 1.807) is 11.8 Å². The number of hydrogen-bond acceptors (Lipinski definition) is 3. The van der Waals surface area contributed by atoms with Crippen LogP contribution in [0.2, 0.25) is 0 Å². The number of rotatable bonds is 6. The quantitative estimate of drug-likeness (QED) is 0.736. The molecule has 3 nitrogen and oxygen atoms in total. The Morgan fingerprint density at radius 1 is 1.64 bits per heavy atom. The SMILES string of the molecule is CCCn1ccnc1SCC(C)CO. The third-order valence-corrected chi connectivity index (χ3v) is 3.28. The molecule has 1 heterocycles. The van der Waals surface area contributed by atoms with E-state index in [0.29, 0.717) is 5.92 Å². The van der Waals surface area contributed by atoms with Crippen molar-refractivity contribution in [2.45, 2.75) is 32.0 Å². The zero-order valence-electron chi connectivity index (χ0n) is 8.81. The van der Waals surface area contributed by atoms with Crippen molar-refractivity contribution < 1.29 is 5.11 Å². The van der Waals surface area contributed by atoms with Gasteiger partial charge in [0, 0.05) is 31.3 Å². The van der Waals surface area contributed by atoms with Gasteiger partial charge >= 0.3 is 0 Å². The molecule has 0 fully saturated rings. The van der Waals surface area contributed by atoms with E-state index in [1.807, 2.05) is 19.3 Å². The van der Waals surface area contributed by atoms with Crippen LogP contribution in [-0.2, 0) is 6.54 Å². The second-order valence-electron chi connectivity index (χ2n) is 3.50. The lowest BCUT2D eigenvalue weighted by Crippen LogP contribution is -2.05. The van der Waals surface area contributed by atoms with E-state index in [1.165, 1.54) is 0 Å². The van der Waals surface area contributed by atoms with Crippen LogP contribution in [0.25, 0.3) is 0 Å². The van der Waals surface area contributed by atoms with Gasteiger partial charge in [-0.25, -0.2) is 4.98 Å². The van der Waals surface area contributed by atoms with E-state index < -0.39 is 0 Å². The van der Waals surface area contributed by atoms with Crippen LogP contribution < -0.4 is 0 Å². The number of aliphatic hydroxyl groups excluding tert-OH is 1. The van der Waals surface area contributed by atoms with Gasteiger partial charge in [0.2, 0.25) is 0 Å². The van der Waals surface area contributed by atoms with Gasteiger partial charge in [0.25, 0.3) is 0 Å². The maximum Gasteiger partial charge on any atom is 0.167 e. The first-order valence-corrected chi connectivity index (χ1v) is 6.01. The summed E-state index contributed by atoms with van der Waals surface area (Å²) in [7, 11) is 0. The Labute approximate surface area is 89.5 Å². The Balaban J connectivity index is 2.45. The van der Waals surface area contributed by atoms with Crippen LogP contribution in [-0.4, -0.2) is 27.0 Å². The Morgan fingerprint density at radius 3 is 3.07 bits per heavy atom. The van der Waals surface area contributed by atoms with Gasteiger partial charge < -0.3 is 9.67 Å². The highest BCUT2D eigenvalue weighted by Gasteiger charge is 2.05. The van der Waals surface area contributed by atoms with Gasteiger partial charge in [-0.3, -0.25) is 0 Å². The molecule has 0 spiro atoms. The fourth-order valence-electron chi connectivity index (χ4n) is 1.12. The molecule has 0 aliphatic heterocycles. The number of aromatic nitrogens is 2. The van der Waals surface area contributed by atoms with Gasteiger partial charge in [0.1, 0.15) is 0 Å². The molecule has 1 N–H and O–H groups in total. The van der Waals surface area contributed by atoms with E-state index in [2.05, 4.69) is 16.5 Å². The molecule has 0 aromatic carbocycles. The number of hydrogen-bond donors (Lipinski definition) is 1. The van der Waals surface area contributed by atoms with E-state index in [0.717, 1.165) is 23.9 Å². The minimum atomic E-state index is 0.251. The number of aliphatic hydroxyl groups is 1. The number of imidazole rings is 1. The molecule has 4 heteroatoms. The molecule has 14 heavy (non-hydrogen) atoms. The molecule has 0 aliphatic carbocycles. The monoisotopic (exact) mass is 214 g/mol. The van der Waals surface area contributed by atoms with Crippen LogP contribution in [0.4, 0.5) is 0 Å². The summed E-state index contributed by atoms with van der Waals surface area (Å²) in [4.78, 5) is 4.29. The van der Waals surface area contributed by atoms with Crippen LogP contribution in [0.5, 0.6) is 0 Å². The Hall–Kier alpha value is -0.480. The van der Waals surface area contributed by atoms with Crippen molar-refractivity contribution in [3.05, 3.63) is 12.4 Å². The maximum atomic E-state index is 8.90. The second kappa shape index (κ2) is 6.09. The predicted octanol–water partition coefficient (Wildman–Crippen LogP) is 2.01. The molecule has 1 atom stereocenters. The van der Waals surface area contributed by atoms with Crippen LogP contribution in [0.1, 0.15) is 20.3 Å². The number of aryl methyl sites for hydroxylation is 1. The largest absolute Gasteiger partial charge is 0.396 e. The molecule has 0 saturated heterocycles. The normalized spacial score (nSPS) is 13.1. The Kier molecular flexibility index (Phi) is 5.04.